The van der Waals surface area contributed by atoms with Crippen LogP contribution in [-0.2, 0) is 14.4 Å². The van der Waals surface area contributed by atoms with Gasteiger partial charge >= 0.3 is 0 Å². The van der Waals surface area contributed by atoms with E-state index in [1.807, 2.05) is 0 Å². The van der Waals surface area contributed by atoms with Crippen LogP contribution in [0, 0.1) is 23.0 Å². The Kier molecular flexibility index (Phi) is 4.61. The van der Waals surface area contributed by atoms with E-state index < -0.39 is 28.8 Å². The highest BCUT2D eigenvalue weighted by atomic mass is 16.7. The molecule has 0 unspecified atom stereocenters. The topological polar surface area (TPSA) is 121 Å². The van der Waals surface area contributed by atoms with E-state index in [9.17, 15) is 19.7 Å². The van der Waals surface area contributed by atoms with Crippen molar-refractivity contribution in [3.8, 4) is 11.5 Å². The molecule has 2 heterocycles. The average molecular weight is 411 g/mol. The number of oxime groups is 1. The minimum atomic E-state index is -1.11. The fourth-order valence-electron chi connectivity index (χ4n) is 3.73. The van der Waals surface area contributed by atoms with E-state index in [1.54, 1.807) is 25.1 Å². The summed E-state index contributed by atoms with van der Waals surface area (Å²) in [5.41, 5.74) is 1.30. The monoisotopic (exact) mass is 411 g/mol. The van der Waals surface area contributed by atoms with Crippen molar-refractivity contribution in [1.29, 1.82) is 0 Å². The maximum Gasteiger partial charge on any atom is 0.278 e. The molecule has 0 aliphatic carbocycles. The van der Waals surface area contributed by atoms with Gasteiger partial charge in [0.1, 0.15) is 11.6 Å². The predicted octanol–water partition coefficient (Wildman–Crippen LogP) is 2.21. The number of carbonyl (C=O) groups excluding carboxylic acids is 2. The number of para-hydroxylation sites is 1. The second kappa shape index (κ2) is 7.14. The molecule has 2 aromatic rings. The first-order valence-electron chi connectivity index (χ1n) is 8.97. The number of nitro benzene ring substituents is 1. The van der Waals surface area contributed by atoms with E-state index in [0.29, 0.717) is 22.6 Å². The fourth-order valence-corrected chi connectivity index (χ4v) is 3.73. The van der Waals surface area contributed by atoms with Gasteiger partial charge in [-0.05, 0) is 30.7 Å². The SMILES string of the molecule is COc1cccc(C2=NO[C@H]3C(=O)N(c4ccc([N+](=O)[O-])cc4C)C(=O)[C@H]23)c1OC. The highest BCUT2D eigenvalue weighted by Gasteiger charge is 2.56. The van der Waals surface area contributed by atoms with Crippen LogP contribution in [0.15, 0.2) is 41.6 Å². The van der Waals surface area contributed by atoms with E-state index in [4.69, 9.17) is 14.3 Å². The minimum absolute atomic E-state index is 0.129. The molecule has 2 aliphatic heterocycles. The third-order valence-corrected chi connectivity index (χ3v) is 5.12. The fraction of sp³-hybridized carbons (Fsp3) is 0.250. The molecule has 2 aliphatic rings. The largest absolute Gasteiger partial charge is 0.493 e. The molecular formula is C20H17N3O7. The number of methoxy groups -OCH3 is 2. The number of fused-ring (bicyclic) bond motifs is 1. The van der Waals surface area contributed by atoms with Crippen LogP contribution >= 0.6 is 0 Å². The Bertz CT molecular complexity index is 1110. The number of nitrogens with zero attached hydrogens (tertiary/aromatic N) is 3. The Morgan fingerprint density at radius 1 is 1.13 bits per heavy atom. The highest BCUT2D eigenvalue weighted by Crippen LogP contribution is 2.40. The molecule has 0 radical (unpaired) electrons. The Labute approximate surface area is 170 Å². The van der Waals surface area contributed by atoms with Crippen LogP contribution in [0.2, 0.25) is 0 Å². The van der Waals surface area contributed by atoms with Gasteiger partial charge in [0, 0.05) is 17.7 Å². The molecule has 2 amide bonds. The van der Waals surface area contributed by atoms with Crippen LogP contribution in [-0.4, -0.2) is 42.8 Å². The number of carbonyl (C=O) groups is 2. The lowest BCUT2D eigenvalue weighted by atomic mass is 9.93. The molecule has 154 valence electrons. The summed E-state index contributed by atoms with van der Waals surface area (Å²) in [5.74, 6) is -1.26. The van der Waals surface area contributed by atoms with Crippen LogP contribution in [0.4, 0.5) is 11.4 Å². The summed E-state index contributed by atoms with van der Waals surface area (Å²) in [4.78, 5) is 43.0. The van der Waals surface area contributed by atoms with Crippen LogP contribution in [0.25, 0.3) is 0 Å². The molecule has 0 aromatic heterocycles. The number of non-ortho nitro benzene ring substituents is 1. The summed E-state index contributed by atoms with van der Waals surface area (Å²) < 4.78 is 10.7. The second-order valence-corrected chi connectivity index (χ2v) is 6.76. The number of benzene rings is 2. The van der Waals surface area contributed by atoms with E-state index in [1.165, 1.54) is 32.4 Å². The van der Waals surface area contributed by atoms with Crippen molar-refractivity contribution in [2.45, 2.75) is 13.0 Å². The first-order valence-corrected chi connectivity index (χ1v) is 8.97. The molecule has 0 N–H and O–H groups in total. The lowest BCUT2D eigenvalue weighted by molar-refractivity contribution is -0.384. The number of aryl methyl sites for hydroxylation is 1. The molecular weight excluding hydrogens is 394 g/mol. The van der Waals surface area contributed by atoms with Gasteiger partial charge in [-0.25, -0.2) is 4.90 Å². The van der Waals surface area contributed by atoms with Gasteiger partial charge in [0.15, 0.2) is 11.5 Å². The number of imide groups is 1. The van der Waals surface area contributed by atoms with Gasteiger partial charge in [-0.3, -0.25) is 19.7 Å². The molecule has 2 aromatic carbocycles. The number of anilines is 1. The van der Waals surface area contributed by atoms with Crippen LogP contribution < -0.4 is 14.4 Å². The second-order valence-electron chi connectivity index (χ2n) is 6.76. The zero-order chi connectivity index (χ0) is 21.6. The number of hydrogen-bond acceptors (Lipinski definition) is 8. The average Bonchev–Trinajstić information content (AvgIpc) is 3.27. The molecule has 2 atom stereocenters. The van der Waals surface area contributed by atoms with Crippen molar-refractivity contribution < 1.29 is 28.8 Å². The van der Waals surface area contributed by atoms with E-state index >= 15 is 0 Å². The summed E-state index contributed by atoms with van der Waals surface area (Å²) in [7, 11) is 2.95. The molecule has 1 fully saturated rings. The lowest BCUT2D eigenvalue weighted by Crippen LogP contribution is -2.33. The zero-order valence-electron chi connectivity index (χ0n) is 16.3. The van der Waals surface area contributed by atoms with Gasteiger partial charge in [0.25, 0.3) is 11.6 Å². The van der Waals surface area contributed by atoms with Gasteiger partial charge in [-0.15, -0.1) is 0 Å². The molecule has 10 nitrogen and oxygen atoms in total. The Morgan fingerprint density at radius 3 is 2.53 bits per heavy atom. The number of rotatable bonds is 5. The maximum absolute atomic E-state index is 13.2. The number of nitro groups is 1. The number of ether oxygens (including phenoxy) is 2. The first kappa shape index (κ1) is 19.4. The van der Waals surface area contributed by atoms with Crippen LogP contribution in [0.1, 0.15) is 11.1 Å². The minimum Gasteiger partial charge on any atom is -0.493 e. The van der Waals surface area contributed by atoms with Crippen molar-refractivity contribution in [3.05, 3.63) is 57.6 Å². The summed E-state index contributed by atoms with van der Waals surface area (Å²) in [6.45, 7) is 1.60. The van der Waals surface area contributed by atoms with Gasteiger partial charge in [0.2, 0.25) is 12.0 Å². The van der Waals surface area contributed by atoms with Gasteiger partial charge in [-0.1, -0.05) is 11.2 Å². The molecule has 0 spiro atoms. The highest BCUT2D eigenvalue weighted by molar-refractivity contribution is 6.33. The predicted molar refractivity (Wildman–Crippen MR) is 105 cm³/mol. The van der Waals surface area contributed by atoms with Crippen molar-refractivity contribution in [3.63, 3.8) is 0 Å². The van der Waals surface area contributed by atoms with Crippen molar-refractivity contribution in [2.24, 2.45) is 11.1 Å². The number of amides is 2. The third kappa shape index (κ3) is 2.76. The molecule has 30 heavy (non-hydrogen) atoms. The smallest absolute Gasteiger partial charge is 0.278 e. The van der Waals surface area contributed by atoms with Crippen molar-refractivity contribution >= 4 is 28.9 Å². The first-order chi connectivity index (χ1) is 14.4. The Balaban J connectivity index is 1.74. The standard InChI is InChI=1S/C20H17N3O7/c1-10-9-11(23(26)27)7-8-13(10)22-19(24)15-16(21-30-18(15)20(22)25)12-5-4-6-14(28-2)17(12)29-3/h4-9,15,18H,1-3H3/t15-,18-/m1/s1. The van der Waals surface area contributed by atoms with Gasteiger partial charge in [0.05, 0.1) is 24.8 Å². The maximum atomic E-state index is 13.2. The molecule has 0 bridgehead atoms. The van der Waals surface area contributed by atoms with Crippen LogP contribution in [0.3, 0.4) is 0 Å². The van der Waals surface area contributed by atoms with Gasteiger partial charge < -0.3 is 14.3 Å². The summed E-state index contributed by atoms with van der Waals surface area (Å²) in [5, 5.41) is 15.0. The Hall–Kier alpha value is -3.95. The molecule has 0 saturated carbocycles. The van der Waals surface area contributed by atoms with E-state index in [2.05, 4.69) is 5.16 Å². The quantitative estimate of drug-likeness (QED) is 0.420. The van der Waals surface area contributed by atoms with E-state index in [-0.39, 0.29) is 17.1 Å². The van der Waals surface area contributed by atoms with Crippen molar-refractivity contribution in [2.75, 3.05) is 19.1 Å². The third-order valence-electron chi connectivity index (χ3n) is 5.12. The lowest BCUT2D eigenvalue weighted by Gasteiger charge is -2.18. The molecule has 4 rings (SSSR count). The molecule has 1 saturated heterocycles. The van der Waals surface area contributed by atoms with Crippen LogP contribution in [0.5, 0.6) is 11.5 Å². The van der Waals surface area contributed by atoms with E-state index in [0.717, 1.165) is 4.90 Å². The molecule has 10 heteroatoms. The Morgan fingerprint density at radius 2 is 1.90 bits per heavy atom. The summed E-state index contributed by atoms with van der Waals surface area (Å²) in [6, 6.07) is 9.05. The number of hydrogen-bond donors (Lipinski definition) is 0. The summed E-state index contributed by atoms with van der Waals surface area (Å²) in [6.07, 6.45) is -1.11. The zero-order valence-corrected chi connectivity index (χ0v) is 16.3. The normalized spacial score (nSPS) is 20.0. The van der Waals surface area contributed by atoms with Crippen molar-refractivity contribution in [1.82, 2.24) is 0 Å². The van der Waals surface area contributed by atoms with Gasteiger partial charge in [-0.2, -0.15) is 0 Å². The summed E-state index contributed by atoms with van der Waals surface area (Å²) >= 11 is 0.